The van der Waals surface area contributed by atoms with Crippen molar-refractivity contribution in [2.24, 2.45) is 0 Å². The second-order valence-electron chi connectivity index (χ2n) is 2.24. The molecular weight excluding hydrogens is 274 g/mol. The van der Waals surface area contributed by atoms with Crippen LogP contribution in [0.15, 0.2) is 12.1 Å². The van der Waals surface area contributed by atoms with Crippen LogP contribution in [-0.4, -0.2) is 7.11 Å². The summed E-state index contributed by atoms with van der Waals surface area (Å²) in [7, 11) is 1.65. The van der Waals surface area contributed by atoms with E-state index in [-0.39, 0.29) is 0 Å². The Balaban J connectivity index is 3.24. The highest BCUT2D eigenvalue weighted by Crippen LogP contribution is 2.27. The monoisotopic (exact) mass is 282 g/mol. The van der Waals surface area contributed by atoms with Crippen molar-refractivity contribution in [3.63, 3.8) is 0 Å². The van der Waals surface area contributed by atoms with Gasteiger partial charge in [-0.3, -0.25) is 0 Å². The van der Waals surface area contributed by atoms with Crippen molar-refractivity contribution >= 4 is 34.2 Å². The first-order chi connectivity index (χ1) is 5.15. The normalized spacial score (nSPS) is 9.82. The fourth-order valence-corrected chi connectivity index (χ4v) is 1.64. The third-order valence-electron chi connectivity index (χ3n) is 1.41. The minimum Gasteiger partial charge on any atom is -0.496 e. The van der Waals surface area contributed by atoms with Gasteiger partial charge in [-0.2, -0.15) is 0 Å². The van der Waals surface area contributed by atoms with E-state index in [1.54, 1.807) is 7.11 Å². The maximum Gasteiger partial charge on any atom is 0.133 e. The third kappa shape index (κ3) is 1.99. The molecule has 0 unspecified atom stereocenters. The summed E-state index contributed by atoms with van der Waals surface area (Å²) >= 11 is 8.06. The Bertz CT molecular complexity index is 273. The summed E-state index contributed by atoms with van der Waals surface area (Å²) in [5, 5.41) is 0.722. The Morgan fingerprint density at radius 2 is 2.09 bits per heavy atom. The molecule has 1 aromatic rings. The summed E-state index contributed by atoms with van der Waals surface area (Å²) in [5.41, 5.74) is 1.15. The Labute approximate surface area is 84.8 Å². The van der Waals surface area contributed by atoms with Crippen molar-refractivity contribution in [2.75, 3.05) is 7.11 Å². The van der Waals surface area contributed by atoms with Gasteiger partial charge in [0.05, 0.1) is 10.7 Å². The van der Waals surface area contributed by atoms with Crippen molar-refractivity contribution in [3.05, 3.63) is 26.3 Å². The molecule has 3 heteroatoms. The maximum absolute atomic E-state index is 5.82. The second-order valence-corrected chi connectivity index (χ2v) is 3.75. The van der Waals surface area contributed by atoms with Gasteiger partial charge in [0.2, 0.25) is 0 Å². The molecule has 1 rings (SSSR count). The van der Waals surface area contributed by atoms with Crippen molar-refractivity contribution in [3.8, 4) is 5.75 Å². The number of ether oxygens (including phenoxy) is 1. The zero-order valence-corrected chi connectivity index (χ0v) is 9.23. The molecule has 0 bridgehead atoms. The molecule has 0 amide bonds. The average Bonchev–Trinajstić information content (AvgIpc) is 1.96. The standard InChI is InChI=1S/C8H8ClIO/c1-5-3-6(9)4-7(11-2)8(5)10/h3-4H,1-2H3. The zero-order chi connectivity index (χ0) is 8.43. The molecule has 0 aliphatic carbocycles. The topological polar surface area (TPSA) is 9.23 Å². The van der Waals surface area contributed by atoms with Gasteiger partial charge in [0, 0.05) is 5.02 Å². The van der Waals surface area contributed by atoms with Crippen LogP contribution in [-0.2, 0) is 0 Å². The largest absolute Gasteiger partial charge is 0.496 e. The summed E-state index contributed by atoms with van der Waals surface area (Å²) in [4.78, 5) is 0. The summed E-state index contributed by atoms with van der Waals surface area (Å²) in [5.74, 6) is 0.843. The molecule has 60 valence electrons. The number of hydrogen-bond donors (Lipinski definition) is 0. The first kappa shape index (κ1) is 9.13. The van der Waals surface area contributed by atoms with E-state index in [1.165, 1.54) is 0 Å². The van der Waals surface area contributed by atoms with Gasteiger partial charge in [0.15, 0.2) is 0 Å². The predicted octanol–water partition coefficient (Wildman–Crippen LogP) is 3.26. The summed E-state index contributed by atoms with van der Waals surface area (Å²) in [6.45, 7) is 2.01. The highest BCUT2D eigenvalue weighted by atomic mass is 127. The van der Waals surface area contributed by atoms with Crippen LogP contribution in [0, 0.1) is 10.5 Å². The Morgan fingerprint density at radius 3 is 2.64 bits per heavy atom. The smallest absolute Gasteiger partial charge is 0.133 e. The van der Waals surface area contributed by atoms with E-state index < -0.39 is 0 Å². The van der Waals surface area contributed by atoms with Gasteiger partial charge < -0.3 is 4.74 Å². The van der Waals surface area contributed by atoms with Crippen LogP contribution in [0.4, 0.5) is 0 Å². The van der Waals surface area contributed by atoms with Crippen LogP contribution in [0.2, 0.25) is 5.02 Å². The van der Waals surface area contributed by atoms with E-state index in [0.717, 1.165) is 19.9 Å². The Morgan fingerprint density at radius 1 is 1.45 bits per heavy atom. The molecule has 0 heterocycles. The molecule has 0 saturated carbocycles. The van der Waals surface area contributed by atoms with E-state index in [9.17, 15) is 0 Å². The lowest BCUT2D eigenvalue weighted by Crippen LogP contribution is -1.89. The highest BCUT2D eigenvalue weighted by Gasteiger charge is 2.03. The number of hydrogen-bond acceptors (Lipinski definition) is 1. The van der Waals surface area contributed by atoms with Gasteiger partial charge in [-0.25, -0.2) is 0 Å². The first-order valence-corrected chi connectivity index (χ1v) is 4.60. The number of methoxy groups -OCH3 is 1. The quantitative estimate of drug-likeness (QED) is 0.718. The Hall–Kier alpha value is 0.0400. The molecule has 1 aromatic carbocycles. The van der Waals surface area contributed by atoms with E-state index in [0.29, 0.717) is 0 Å². The average molecular weight is 283 g/mol. The van der Waals surface area contributed by atoms with Crippen molar-refractivity contribution in [2.45, 2.75) is 6.92 Å². The third-order valence-corrected chi connectivity index (χ3v) is 3.01. The van der Waals surface area contributed by atoms with Gasteiger partial charge in [0.25, 0.3) is 0 Å². The maximum atomic E-state index is 5.82. The molecular formula is C8H8ClIO. The fourth-order valence-electron chi connectivity index (χ4n) is 0.843. The Kier molecular flexibility index (Phi) is 3.01. The van der Waals surface area contributed by atoms with E-state index in [2.05, 4.69) is 22.6 Å². The lowest BCUT2D eigenvalue weighted by Gasteiger charge is -2.05. The number of halogens is 2. The molecule has 0 aliphatic heterocycles. The van der Waals surface area contributed by atoms with Crippen LogP contribution < -0.4 is 4.74 Å². The van der Waals surface area contributed by atoms with Gasteiger partial charge in [-0.05, 0) is 47.2 Å². The van der Waals surface area contributed by atoms with E-state index in [4.69, 9.17) is 16.3 Å². The number of benzene rings is 1. The second kappa shape index (κ2) is 3.63. The van der Waals surface area contributed by atoms with Crippen molar-refractivity contribution in [1.82, 2.24) is 0 Å². The summed E-state index contributed by atoms with van der Waals surface area (Å²) in [6, 6.07) is 3.74. The predicted molar refractivity (Wildman–Crippen MR) is 55.5 cm³/mol. The summed E-state index contributed by atoms with van der Waals surface area (Å²) in [6.07, 6.45) is 0. The van der Waals surface area contributed by atoms with Crippen LogP contribution in [0.3, 0.4) is 0 Å². The van der Waals surface area contributed by atoms with Crippen LogP contribution in [0.5, 0.6) is 5.75 Å². The molecule has 0 atom stereocenters. The van der Waals surface area contributed by atoms with E-state index >= 15 is 0 Å². The highest BCUT2D eigenvalue weighted by molar-refractivity contribution is 14.1. The van der Waals surface area contributed by atoms with Gasteiger partial charge >= 0.3 is 0 Å². The molecule has 11 heavy (non-hydrogen) atoms. The molecule has 1 nitrogen and oxygen atoms in total. The number of rotatable bonds is 1. The molecule has 0 saturated heterocycles. The SMILES string of the molecule is COc1cc(Cl)cc(C)c1I. The number of aryl methyl sites for hydroxylation is 1. The molecule has 0 N–H and O–H groups in total. The molecule has 0 radical (unpaired) electrons. The van der Waals surface area contributed by atoms with Crippen LogP contribution >= 0.6 is 34.2 Å². The van der Waals surface area contributed by atoms with Gasteiger partial charge in [-0.1, -0.05) is 11.6 Å². The van der Waals surface area contributed by atoms with Crippen LogP contribution in [0.25, 0.3) is 0 Å². The molecule has 0 fully saturated rings. The first-order valence-electron chi connectivity index (χ1n) is 3.15. The lowest BCUT2D eigenvalue weighted by atomic mass is 10.2. The molecule has 0 aromatic heterocycles. The minimum atomic E-state index is 0.722. The van der Waals surface area contributed by atoms with Gasteiger partial charge in [-0.15, -0.1) is 0 Å². The lowest BCUT2D eigenvalue weighted by molar-refractivity contribution is 0.411. The fraction of sp³-hybridized carbons (Fsp3) is 0.250. The van der Waals surface area contributed by atoms with Gasteiger partial charge in [0.1, 0.15) is 5.75 Å². The van der Waals surface area contributed by atoms with Crippen molar-refractivity contribution in [1.29, 1.82) is 0 Å². The zero-order valence-electron chi connectivity index (χ0n) is 6.32. The van der Waals surface area contributed by atoms with E-state index in [1.807, 2.05) is 19.1 Å². The van der Waals surface area contributed by atoms with Crippen molar-refractivity contribution < 1.29 is 4.74 Å². The summed E-state index contributed by atoms with van der Waals surface area (Å²) < 4.78 is 6.23. The van der Waals surface area contributed by atoms with Crippen LogP contribution in [0.1, 0.15) is 5.56 Å². The molecule has 0 aliphatic rings. The molecule has 0 spiro atoms. The minimum absolute atomic E-state index is 0.722.